The first kappa shape index (κ1) is 11.8. The van der Waals surface area contributed by atoms with Crippen LogP contribution in [0.1, 0.15) is 31.7 Å². The van der Waals surface area contributed by atoms with Crippen molar-refractivity contribution in [3.8, 4) is 5.75 Å². The van der Waals surface area contributed by atoms with Crippen molar-refractivity contribution in [1.29, 1.82) is 0 Å². The Kier molecular flexibility index (Phi) is 5.60. The Morgan fingerprint density at radius 1 is 1.33 bits per heavy atom. The van der Waals surface area contributed by atoms with Crippen molar-refractivity contribution in [1.82, 2.24) is 0 Å². The van der Waals surface area contributed by atoms with E-state index in [0.29, 0.717) is 0 Å². The quantitative estimate of drug-likeness (QED) is 0.482. The molecular formula is C14H20O. The summed E-state index contributed by atoms with van der Waals surface area (Å²) in [7, 11) is 0. The van der Waals surface area contributed by atoms with Crippen LogP contribution in [0.25, 0.3) is 0 Å². The monoisotopic (exact) mass is 204 g/mol. The standard InChI is InChI=1S/C14H20O/c1-3-5-6-9-13-10-7-8-11-14(13)15-12-4-2/h3,7-8,10-11H,1,4-6,9,12H2,2H3. The second-order valence-corrected chi connectivity index (χ2v) is 3.64. The highest BCUT2D eigenvalue weighted by molar-refractivity contribution is 5.33. The van der Waals surface area contributed by atoms with Crippen LogP contribution in [-0.4, -0.2) is 6.61 Å². The maximum Gasteiger partial charge on any atom is 0.122 e. The summed E-state index contributed by atoms with van der Waals surface area (Å²) in [5.74, 6) is 1.04. The molecule has 0 aromatic heterocycles. The first-order valence-corrected chi connectivity index (χ1v) is 5.70. The molecule has 82 valence electrons. The van der Waals surface area contributed by atoms with Gasteiger partial charge in [0.2, 0.25) is 0 Å². The molecule has 1 heteroatoms. The fourth-order valence-corrected chi connectivity index (χ4v) is 1.50. The molecule has 1 nitrogen and oxygen atoms in total. The highest BCUT2D eigenvalue weighted by atomic mass is 16.5. The summed E-state index contributed by atoms with van der Waals surface area (Å²) >= 11 is 0. The predicted molar refractivity (Wildman–Crippen MR) is 65.4 cm³/mol. The van der Waals surface area contributed by atoms with Crippen LogP contribution in [0.15, 0.2) is 36.9 Å². The molecule has 0 saturated heterocycles. The van der Waals surface area contributed by atoms with Gasteiger partial charge in [-0.25, -0.2) is 0 Å². The molecule has 0 amide bonds. The number of aryl methyl sites for hydroxylation is 1. The third kappa shape index (κ3) is 4.20. The van der Waals surface area contributed by atoms with Crippen LogP contribution in [0.2, 0.25) is 0 Å². The van der Waals surface area contributed by atoms with Crippen LogP contribution in [0.3, 0.4) is 0 Å². The van der Waals surface area contributed by atoms with E-state index < -0.39 is 0 Å². The number of unbranched alkanes of at least 4 members (excludes halogenated alkanes) is 1. The lowest BCUT2D eigenvalue weighted by atomic mass is 10.1. The predicted octanol–water partition coefficient (Wildman–Crippen LogP) is 3.98. The summed E-state index contributed by atoms with van der Waals surface area (Å²) in [6.45, 7) is 6.66. The van der Waals surface area contributed by atoms with Gasteiger partial charge in [-0.05, 0) is 37.3 Å². The van der Waals surface area contributed by atoms with Gasteiger partial charge in [-0.2, -0.15) is 0 Å². The van der Waals surface area contributed by atoms with E-state index in [1.54, 1.807) is 0 Å². The molecule has 0 heterocycles. The number of hydrogen-bond acceptors (Lipinski definition) is 1. The molecule has 0 aliphatic carbocycles. The highest BCUT2D eigenvalue weighted by Crippen LogP contribution is 2.20. The third-order valence-electron chi connectivity index (χ3n) is 2.29. The number of para-hydroxylation sites is 1. The molecular weight excluding hydrogens is 184 g/mol. The Morgan fingerprint density at radius 2 is 2.13 bits per heavy atom. The van der Waals surface area contributed by atoms with Crippen LogP contribution < -0.4 is 4.74 Å². The van der Waals surface area contributed by atoms with Gasteiger partial charge in [0.05, 0.1) is 6.61 Å². The molecule has 0 atom stereocenters. The maximum atomic E-state index is 5.69. The van der Waals surface area contributed by atoms with Gasteiger partial charge in [0.15, 0.2) is 0 Å². The summed E-state index contributed by atoms with van der Waals surface area (Å²) in [6.07, 6.45) is 6.32. The number of rotatable bonds is 7. The van der Waals surface area contributed by atoms with Gasteiger partial charge in [-0.1, -0.05) is 31.2 Å². The molecule has 0 radical (unpaired) electrons. The largest absolute Gasteiger partial charge is 0.493 e. The lowest BCUT2D eigenvalue weighted by molar-refractivity contribution is 0.314. The Bertz CT molecular complexity index is 291. The van der Waals surface area contributed by atoms with Gasteiger partial charge in [0.1, 0.15) is 5.75 Å². The Balaban J connectivity index is 2.55. The molecule has 0 fully saturated rings. The van der Waals surface area contributed by atoms with Gasteiger partial charge in [0.25, 0.3) is 0 Å². The summed E-state index contributed by atoms with van der Waals surface area (Å²) in [5.41, 5.74) is 1.31. The second-order valence-electron chi connectivity index (χ2n) is 3.64. The van der Waals surface area contributed by atoms with E-state index in [0.717, 1.165) is 38.0 Å². The van der Waals surface area contributed by atoms with Gasteiger partial charge < -0.3 is 4.74 Å². The van der Waals surface area contributed by atoms with Crippen LogP contribution in [0.5, 0.6) is 5.75 Å². The molecule has 0 bridgehead atoms. The van der Waals surface area contributed by atoms with Gasteiger partial charge in [0, 0.05) is 0 Å². The molecule has 0 aliphatic rings. The smallest absolute Gasteiger partial charge is 0.122 e. The van der Waals surface area contributed by atoms with E-state index in [-0.39, 0.29) is 0 Å². The average Bonchev–Trinajstić information content (AvgIpc) is 2.28. The lowest BCUT2D eigenvalue weighted by Crippen LogP contribution is -1.98. The first-order chi connectivity index (χ1) is 7.38. The van der Waals surface area contributed by atoms with Crippen molar-refractivity contribution in [3.05, 3.63) is 42.5 Å². The van der Waals surface area contributed by atoms with Gasteiger partial charge in [-0.15, -0.1) is 6.58 Å². The molecule has 0 aliphatic heterocycles. The molecule has 0 spiro atoms. The van der Waals surface area contributed by atoms with E-state index in [4.69, 9.17) is 4.74 Å². The van der Waals surface area contributed by atoms with Crippen molar-refractivity contribution in [2.45, 2.75) is 32.6 Å². The Morgan fingerprint density at radius 3 is 2.87 bits per heavy atom. The molecule has 0 unspecified atom stereocenters. The first-order valence-electron chi connectivity index (χ1n) is 5.70. The minimum Gasteiger partial charge on any atom is -0.493 e. The average molecular weight is 204 g/mol. The van der Waals surface area contributed by atoms with Crippen molar-refractivity contribution in [2.24, 2.45) is 0 Å². The van der Waals surface area contributed by atoms with E-state index in [2.05, 4.69) is 31.7 Å². The van der Waals surface area contributed by atoms with Crippen LogP contribution in [0.4, 0.5) is 0 Å². The van der Waals surface area contributed by atoms with E-state index in [9.17, 15) is 0 Å². The molecule has 1 aromatic rings. The number of benzene rings is 1. The van der Waals surface area contributed by atoms with E-state index in [1.165, 1.54) is 5.56 Å². The number of hydrogen-bond donors (Lipinski definition) is 0. The fraction of sp³-hybridized carbons (Fsp3) is 0.429. The fourth-order valence-electron chi connectivity index (χ4n) is 1.50. The maximum absolute atomic E-state index is 5.69. The van der Waals surface area contributed by atoms with Gasteiger partial charge in [-0.3, -0.25) is 0 Å². The van der Waals surface area contributed by atoms with Crippen LogP contribution >= 0.6 is 0 Å². The van der Waals surface area contributed by atoms with Gasteiger partial charge >= 0.3 is 0 Å². The highest BCUT2D eigenvalue weighted by Gasteiger charge is 2.01. The van der Waals surface area contributed by atoms with Crippen molar-refractivity contribution in [2.75, 3.05) is 6.61 Å². The lowest BCUT2D eigenvalue weighted by Gasteiger charge is -2.09. The summed E-state index contributed by atoms with van der Waals surface area (Å²) < 4.78 is 5.69. The zero-order valence-electron chi connectivity index (χ0n) is 9.54. The third-order valence-corrected chi connectivity index (χ3v) is 2.29. The molecule has 0 N–H and O–H groups in total. The second kappa shape index (κ2) is 7.10. The normalized spacial score (nSPS) is 9.93. The minimum absolute atomic E-state index is 0.804. The van der Waals surface area contributed by atoms with Crippen LogP contribution in [0, 0.1) is 0 Å². The zero-order valence-corrected chi connectivity index (χ0v) is 9.54. The molecule has 1 rings (SSSR count). The summed E-state index contributed by atoms with van der Waals surface area (Å²) in [6, 6.07) is 8.30. The Labute approximate surface area is 92.8 Å². The molecule has 0 saturated carbocycles. The zero-order chi connectivity index (χ0) is 10.9. The number of allylic oxidation sites excluding steroid dienone is 1. The van der Waals surface area contributed by atoms with Crippen molar-refractivity contribution in [3.63, 3.8) is 0 Å². The van der Waals surface area contributed by atoms with E-state index in [1.807, 2.05) is 12.1 Å². The van der Waals surface area contributed by atoms with E-state index >= 15 is 0 Å². The van der Waals surface area contributed by atoms with Crippen molar-refractivity contribution < 1.29 is 4.74 Å². The summed E-state index contributed by atoms with van der Waals surface area (Å²) in [4.78, 5) is 0. The summed E-state index contributed by atoms with van der Waals surface area (Å²) in [5, 5.41) is 0. The SMILES string of the molecule is C=CCCCc1ccccc1OCCC. The van der Waals surface area contributed by atoms with Crippen LogP contribution in [-0.2, 0) is 6.42 Å². The Hall–Kier alpha value is -1.24. The molecule has 1 aromatic carbocycles. The number of ether oxygens (including phenoxy) is 1. The molecule has 15 heavy (non-hydrogen) atoms. The van der Waals surface area contributed by atoms with Crippen molar-refractivity contribution >= 4 is 0 Å². The topological polar surface area (TPSA) is 9.23 Å². The minimum atomic E-state index is 0.804.